The third-order valence-electron chi connectivity index (χ3n) is 1.60. The molecule has 0 aliphatic rings. The Morgan fingerprint density at radius 2 is 2.00 bits per heavy atom. The van der Waals surface area contributed by atoms with Gasteiger partial charge in [0.25, 0.3) is 0 Å². The number of rotatable bonds is 5. The van der Waals surface area contributed by atoms with Gasteiger partial charge in [-0.3, -0.25) is 9.59 Å². The van der Waals surface area contributed by atoms with E-state index in [1.165, 1.54) is 6.92 Å². The summed E-state index contributed by atoms with van der Waals surface area (Å²) in [4.78, 5) is 21.3. The van der Waals surface area contributed by atoms with Crippen LogP contribution in [0.5, 0.6) is 0 Å². The molecule has 0 radical (unpaired) electrons. The lowest BCUT2D eigenvalue weighted by molar-refractivity contribution is -0.143. The summed E-state index contributed by atoms with van der Waals surface area (Å²) >= 11 is 0. The predicted octanol–water partition coefficient (Wildman–Crippen LogP) is -1.05. The van der Waals surface area contributed by atoms with Crippen LogP contribution in [0.25, 0.3) is 0 Å². The van der Waals surface area contributed by atoms with Crippen molar-refractivity contribution in [3.8, 4) is 0 Å². The second-order valence-electron chi connectivity index (χ2n) is 2.75. The minimum Gasteiger partial charge on any atom is -0.481 e. The lowest BCUT2D eigenvalue weighted by Crippen LogP contribution is -2.39. The van der Waals surface area contributed by atoms with Crippen LogP contribution in [-0.2, 0) is 9.59 Å². The number of carbonyl (C=O) groups excluding carboxylic acids is 1. The largest absolute Gasteiger partial charge is 0.481 e. The highest BCUT2D eigenvalue weighted by Gasteiger charge is 2.19. The van der Waals surface area contributed by atoms with Crippen molar-refractivity contribution >= 4 is 11.8 Å². The highest BCUT2D eigenvalue weighted by Crippen LogP contribution is 2.03. The van der Waals surface area contributed by atoms with Gasteiger partial charge in [0.2, 0.25) is 0 Å². The average Bonchev–Trinajstić information content (AvgIpc) is 2.02. The summed E-state index contributed by atoms with van der Waals surface area (Å²) < 4.78 is 0. The normalized spacial score (nSPS) is 15.2. The van der Waals surface area contributed by atoms with Gasteiger partial charge < -0.3 is 16.6 Å². The number of hydrogen-bond donors (Lipinski definition) is 3. The first-order chi connectivity index (χ1) is 5.49. The van der Waals surface area contributed by atoms with Crippen LogP contribution in [0, 0.1) is 5.92 Å². The van der Waals surface area contributed by atoms with Crippen LogP contribution >= 0.6 is 0 Å². The highest BCUT2D eigenvalue weighted by molar-refractivity contribution is 5.87. The molecule has 0 aliphatic carbocycles. The van der Waals surface area contributed by atoms with E-state index < -0.39 is 17.9 Å². The minimum atomic E-state index is -0.993. The minimum absolute atomic E-state index is 0.0479. The van der Waals surface area contributed by atoms with Crippen LogP contribution in [0.1, 0.15) is 13.3 Å². The van der Waals surface area contributed by atoms with Crippen LogP contribution in [0.3, 0.4) is 0 Å². The second kappa shape index (κ2) is 4.84. The van der Waals surface area contributed by atoms with Gasteiger partial charge in [-0.2, -0.15) is 0 Å². The van der Waals surface area contributed by atoms with Gasteiger partial charge in [-0.15, -0.1) is 0 Å². The summed E-state index contributed by atoms with van der Waals surface area (Å²) in [6, 6.07) is -0.730. The molecule has 2 atom stereocenters. The number of ketones is 1. The van der Waals surface area contributed by atoms with E-state index >= 15 is 0 Å². The van der Waals surface area contributed by atoms with E-state index in [-0.39, 0.29) is 18.7 Å². The maximum Gasteiger partial charge on any atom is 0.306 e. The van der Waals surface area contributed by atoms with E-state index in [9.17, 15) is 9.59 Å². The fourth-order valence-electron chi connectivity index (χ4n) is 0.672. The van der Waals surface area contributed by atoms with Crippen molar-refractivity contribution in [2.75, 3.05) is 6.54 Å². The molecule has 70 valence electrons. The first-order valence-corrected chi connectivity index (χ1v) is 3.70. The molecule has 0 saturated heterocycles. The van der Waals surface area contributed by atoms with Gasteiger partial charge in [-0.05, 0) is 0 Å². The maximum absolute atomic E-state index is 11.0. The van der Waals surface area contributed by atoms with E-state index in [1.807, 2.05) is 0 Å². The van der Waals surface area contributed by atoms with Gasteiger partial charge in [0, 0.05) is 13.0 Å². The molecule has 0 unspecified atom stereocenters. The van der Waals surface area contributed by atoms with E-state index in [4.69, 9.17) is 16.6 Å². The Kier molecular flexibility index (Phi) is 4.46. The van der Waals surface area contributed by atoms with Gasteiger partial charge in [0.05, 0.1) is 12.0 Å². The molecule has 0 bridgehead atoms. The molecule has 5 N–H and O–H groups in total. The number of hydrogen-bond acceptors (Lipinski definition) is 4. The summed E-state index contributed by atoms with van der Waals surface area (Å²) in [7, 11) is 0. The standard InChI is InChI=1S/C7H14N2O3/c1-4(7(11)12)2-6(10)5(9)3-8/h4-5H,2-3,8-9H2,1H3,(H,11,12)/t4-,5-/m0/s1. The number of carboxylic acids is 1. The highest BCUT2D eigenvalue weighted by atomic mass is 16.4. The molecule has 0 fully saturated rings. The van der Waals surface area contributed by atoms with E-state index in [1.54, 1.807) is 0 Å². The van der Waals surface area contributed by atoms with Crippen molar-refractivity contribution in [1.82, 2.24) is 0 Å². The SMILES string of the molecule is C[C@@H](CC(=O)[C@@H](N)CN)C(=O)O. The number of aliphatic carboxylic acids is 1. The summed E-state index contributed by atoms with van der Waals surface area (Å²) in [5.74, 6) is -1.98. The van der Waals surface area contributed by atoms with Crippen molar-refractivity contribution in [1.29, 1.82) is 0 Å². The summed E-state index contributed by atoms with van der Waals surface area (Å²) in [5.41, 5.74) is 10.4. The molecule has 0 aromatic carbocycles. The summed E-state index contributed by atoms with van der Waals surface area (Å²) in [6.45, 7) is 1.52. The number of carbonyl (C=O) groups is 2. The number of Topliss-reactive ketones (excluding diaryl/α,β-unsaturated/α-hetero) is 1. The zero-order chi connectivity index (χ0) is 9.72. The van der Waals surface area contributed by atoms with Crippen molar-refractivity contribution in [3.05, 3.63) is 0 Å². The molecule has 5 heteroatoms. The fourth-order valence-corrected chi connectivity index (χ4v) is 0.672. The first kappa shape index (κ1) is 11.1. The Labute approximate surface area is 70.7 Å². The molecule has 0 aromatic heterocycles. The van der Waals surface area contributed by atoms with Gasteiger partial charge in [-0.25, -0.2) is 0 Å². The first-order valence-electron chi connectivity index (χ1n) is 3.70. The monoisotopic (exact) mass is 174 g/mol. The number of nitrogens with two attached hydrogens (primary N) is 2. The Bertz CT molecular complexity index is 181. The second-order valence-corrected chi connectivity index (χ2v) is 2.75. The predicted molar refractivity (Wildman–Crippen MR) is 43.5 cm³/mol. The van der Waals surface area contributed by atoms with Crippen LogP contribution < -0.4 is 11.5 Å². The molecular formula is C7H14N2O3. The number of carboxylic acid groups (broad SMARTS) is 1. The van der Waals surface area contributed by atoms with E-state index in [2.05, 4.69) is 0 Å². The van der Waals surface area contributed by atoms with Crippen molar-refractivity contribution in [2.24, 2.45) is 17.4 Å². The third-order valence-corrected chi connectivity index (χ3v) is 1.60. The zero-order valence-electron chi connectivity index (χ0n) is 6.99. The van der Waals surface area contributed by atoms with Crippen molar-refractivity contribution < 1.29 is 14.7 Å². The maximum atomic E-state index is 11.0. The molecule has 0 amide bonds. The van der Waals surface area contributed by atoms with Crippen LogP contribution in [0.4, 0.5) is 0 Å². The van der Waals surface area contributed by atoms with E-state index in [0.29, 0.717) is 0 Å². The van der Waals surface area contributed by atoms with Crippen molar-refractivity contribution in [3.63, 3.8) is 0 Å². The molecule has 0 heterocycles. The lowest BCUT2D eigenvalue weighted by atomic mass is 10.0. The molecule has 0 aliphatic heterocycles. The van der Waals surface area contributed by atoms with Crippen LogP contribution in [0.2, 0.25) is 0 Å². The zero-order valence-corrected chi connectivity index (χ0v) is 6.99. The molecule has 12 heavy (non-hydrogen) atoms. The molecule has 0 saturated carbocycles. The molecule has 0 aromatic rings. The van der Waals surface area contributed by atoms with Gasteiger partial charge in [-0.1, -0.05) is 6.92 Å². The van der Waals surface area contributed by atoms with Gasteiger partial charge >= 0.3 is 5.97 Å². The average molecular weight is 174 g/mol. The fraction of sp³-hybridized carbons (Fsp3) is 0.714. The molecule has 5 nitrogen and oxygen atoms in total. The smallest absolute Gasteiger partial charge is 0.306 e. The van der Waals surface area contributed by atoms with Crippen molar-refractivity contribution in [2.45, 2.75) is 19.4 Å². The Balaban J connectivity index is 3.92. The lowest BCUT2D eigenvalue weighted by Gasteiger charge is -2.09. The molecule has 0 spiro atoms. The van der Waals surface area contributed by atoms with Crippen LogP contribution in [0.15, 0.2) is 0 Å². The van der Waals surface area contributed by atoms with Gasteiger partial charge in [0.1, 0.15) is 0 Å². The third kappa shape index (κ3) is 3.45. The summed E-state index contributed by atoms with van der Waals surface area (Å²) in [6.07, 6.45) is -0.0479. The van der Waals surface area contributed by atoms with E-state index in [0.717, 1.165) is 0 Å². The molecular weight excluding hydrogens is 160 g/mol. The Hall–Kier alpha value is -0.940. The topological polar surface area (TPSA) is 106 Å². The Morgan fingerprint density at radius 1 is 1.50 bits per heavy atom. The van der Waals surface area contributed by atoms with Crippen LogP contribution in [-0.4, -0.2) is 29.4 Å². The van der Waals surface area contributed by atoms with Gasteiger partial charge in [0.15, 0.2) is 5.78 Å². The molecule has 0 rings (SSSR count). The Morgan fingerprint density at radius 3 is 2.33 bits per heavy atom. The summed E-state index contributed by atoms with van der Waals surface area (Å²) in [5, 5.41) is 8.46. The quantitative estimate of drug-likeness (QED) is 0.493.